The fraction of sp³-hybridized carbons (Fsp3) is 0.350. The van der Waals surface area contributed by atoms with Gasteiger partial charge in [-0.1, -0.05) is 29.8 Å². The van der Waals surface area contributed by atoms with Crippen LogP contribution >= 0.6 is 0 Å². The van der Waals surface area contributed by atoms with Gasteiger partial charge in [0.05, 0.1) is 10.6 Å². The zero-order chi connectivity index (χ0) is 19.4. The van der Waals surface area contributed by atoms with Crippen LogP contribution in [0, 0.1) is 6.92 Å². The Hall–Kier alpha value is -2.54. The van der Waals surface area contributed by atoms with Crippen LogP contribution in [0.1, 0.15) is 17.5 Å². The van der Waals surface area contributed by atoms with E-state index >= 15 is 0 Å². The second-order valence-corrected chi connectivity index (χ2v) is 8.72. The van der Waals surface area contributed by atoms with Gasteiger partial charge >= 0.3 is 0 Å². The molecule has 1 heterocycles. The van der Waals surface area contributed by atoms with Crippen molar-refractivity contribution in [2.75, 3.05) is 26.0 Å². The highest BCUT2D eigenvalue weighted by atomic mass is 32.2. The number of rotatable bonds is 6. The molecule has 3 rings (SSSR count). The van der Waals surface area contributed by atoms with Gasteiger partial charge in [0.1, 0.15) is 13.2 Å². The zero-order valence-corrected chi connectivity index (χ0v) is 16.3. The molecule has 27 heavy (non-hydrogen) atoms. The number of ether oxygens (including phenoxy) is 2. The highest BCUT2D eigenvalue weighted by Gasteiger charge is 2.21. The molecule has 1 amide bonds. The SMILES string of the molecule is Cc1ccc(CN(C)C(=O)CCS(=O)(=O)c2ccc3c(c2)OCCO3)cc1. The number of sulfone groups is 1. The number of benzene rings is 2. The first-order valence-electron chi connectivity index (χ1n) is 8.77. The normalized spacial score (nSPS) is 13.3. The quantitative estimate of drug-likeness (QED) is 0.759. The molecule has 0 aliphatic carbocycles. The summed E-state index contributed by atoms with van der Waals surface area (Å²) in [6.45, 7) is 3.28. The molecular formula is C20H23NO5S. The lowest BCUT2D eigenvalue weighted by Gasteiger charge is -2.19. The van der Waals surface area contributed by atoms with E-state index in [-0.39, 0.29) is 23.0 Å². The average molecular weight is 389 g/mol. The van der Waals surface area contributed by atoms with Gasteiger partial charge in [0.15, 0.2) is 21.3 Å². The molecule has 1 aliphatic rings. The molecule has 0 saturated carbocycles. The minimum Gasteiger partial charge on any atom is -0.486 e. The van der Waals surface area contributed by atoms with E-state index in [2.05, 4.69) is 0 Å². The minimum absolute atomic E-state index is 0.0703. The van der Waals surface area contributed by atoms with Gasteiger partial charge in [-0.2, -0.15) is 0 Å². The maximum atomic E-state index is 12.6. The molecule has 0 radical (unpaired) electrons. The monoisotopic (exact) mass is 389 g/mol. The summed E-state index contributed by atoms with van der Waals surface area (Å²) in [5, 5.41) is 0. The van der Waals surface area contributed by atoms with Crippen molar-refractivity contribution < 1.29 is 22.7 Å². The van der Waals surface area contributed by atoms with Crippen molar-refractivity contribution in [3.8, 4) is 11.5 Å². The average Bonchev–Trinajstić information content (AvgIpc) is 2.67. The molecule has 7 heteroatoms. The first kappa shape index (κ1) is 19.2. The molecule has 0 fully saturated rings. The Kier molecular flexibility index (Phi) is 5.70. The Morgan fingerprint density at radius 3 is 2.41 bits per heavy atom. The van der Waals surface area contributed by atoms with Gasteiger partial charge in [0.2, 0.25) is 5.91 Å². The molecule has 2 aromatic rings. The van der Waals surface area contributed by atoms with Gasteiger partial charge in [-0.3, -0.25) is 4.79 Å². The van der Waals surface area contributed by atoms with E-state index in [1.54, 1.807) is 18.0 Å². The molecule has 144 valence electrons. The molecule has 0 bridgehead atoms. The third-order valence-corrected chi connectivity index (χ3v) is 6.14. The van der Waals surface area contributed by atoms with Crippen molar-refractivity contribution in [1.29, 1.82) is 0 Å². The zero-order valence-electron chi connectivity index (χ0n) is 15.5. The fourth-order valence-electron chi connectivity index (χ4n) is 2.80. The molecule has 0 spiro atoms. The molecular weight excluding hydrogens is 366 g/mol. The second-order valence-electron chi connectivity index (χ2n) is 6.61. The third kappa shape index (κ3) is 4.80. The maximum Gasteiger partial charge on any atom is 0.223 e. The number of nitrogens with zero attached hydrogens (tertiary/aromatic N) is 1. The summed E-state index contributed by atoms with van der Waals surface area (Å²) in [7, 11) is -1.90. The van der Waals surface area contributed by atoms with Crippen LogP contribution in [0.3, 0.4) is 0 Å². The molecule has 0 aromatic heterocycles. The van der Waals surface area contributed by atoms with Crippen molar-refractivity contribution in [3.63, 3.8) is 0 Å². The van der Waals surface area contributed by atoms with Crippen LogP contribution in [-0.2, 0) is 21.2 Å². The summed E-state index contributed by atoms with van der Waals surface area (Å²) in [6.07, 6.45) is -0.0703. The highest BCUT2D eigenvalue weighted by molar-refractivity contribution is 7.91. The van der Waals surface area contributed by atoms with Crippen molar-refractivity contribution in [1.82, 2.24) is 4.90 Å². The highest BCUT2D eigenvalue weighted by Crippen LogP contribution is 2.32. The van der Waals surface area contributed by atoms with E-state index in [0.717, 1.165) is 11.1 Å². The van der Waals surface area contributed by atoms with E-state index in [4.69, 9.17) is 9.47 Å². The lowest BCUT2D eigenvalue weighted by atomic mass is 10.1. The molecule has 0 saturated heterocycles. The molecule has 2 aromatic carbocycles. The number of hydrogen-bond donors (Lipinski definition) is 0. The van der Waals surface area contributed by atoms with E-state index in [1.807, 2.05) is 31.2 Å². The third-order valence-electron chi connectivity index (χ3n) is 4.42. The topological polar surface area (TPSA) is 72.9 Å². The van der Waals surface area contributed by atoms with Gasteiger partial charge in [-0.05, 0) is 24.6 Å². The van der Waals surface area contributed by atoms with Crippen LogP contribution in [0.25, 0.3) is 0 Å². The Balaban J connectivity index is 1.60. The summed E-state index contributed by atoms with van der Waals surface area (Å²) < 4.78 is 36.0. The minimum atomic E-state index is -3.58. The maximum absolute atomic E-state index is 12.6. The number of aryl methyl sites for hydroxylation is 1. The Bertz CT molecular complexity index is 922. The van der Waals surface area contributed by atoms with Crippen molar-refractivity contribution in [2.24, 2.45) is 0 Å². The van der Waals surface area contributed by atoms with Crippen LogP contribution in [0.4, 0.5) is 0 Å². The van der Waals surface area contributed by atoms with E-state index in [9.17, 15) is 13.2 Å². The summed E-state index contributed by atoms with van der Waals surface area (Å²) in [5.41, 5.74) is 2.16. The first-order valence-corrected chi connectivity index (χ1v) is 10.4. The Morgan fingerprint density at radius 1 is 1.04 bits per heavy atom. The van der Waals surface area contributed by atoms with Crippen LogP contribution < -0.4 is 9.47 Å². The molecule has 0 unspecified atom stereocenters. The van der Waals surface area contributed by atoms with Gasteiger partial charge in [-0.15, -0.1) is 0 Å². The summed E-state index contributed by atoms with van der Waals surface area (Å²) in [6, 6.07) is 12.4. The van der Waals surface area contributed by atoms with Gasteiger partial charge in [0.25, 0.3) is 0 Å². The fourth-order valence-corrected chi connectivity index (χ4v) is 4.04. The summed E-state index contributed by atoms with van der Waals surface area (Å²) in [4.78, 5) is 14.0. The molecule has 1 aliphatic heterocycles. The van der Waals surface area contributed by atoms with Crippen LogP contribution in [0.2, 0.25) is 0 Å². The van der Waals surface area contributed by atoms with Gasteiger partial charge in [-0.25, -0.2) is 8.42 Å². The molecule has 0 atom stereocenters. The molecule has 0 N–H and O–H groups in total. The lowest BCUT2D eigenvalue weighted by Crippen LogP contribution is -2.28. The number of fused-ring (bicyclic) bond motifs is 1. The van der Waals surface area contributed by atoms with E-state index in [1.165, 1.54) is 12.1 Å². The van der Waals surface area contributed by atoms with Crippen molar-refractivity contribution in [2.45, 2.75) is 24.8 Å². The van der Waals surface area contributed by atoms with Crippen LogP contribution in [0.15, 0.2) is 47.4 Å². The van der Waals surface area contributed by atoms with Crippen LogP contribution in [-0.4, -0.2) is 45.2 Å². The summed E-state index contributed by atoms with van der Waals surface area (Å²) >= 11 is 0. The van der Waals surface area contributed by atoms with Crippen LogP contribution in [0.5, 0.6) is 11.5 Å². The Labute approximate surface area is 159 Å². The van der Waals surface area contributed by atoms with Gasteiger partial charge < -0.3 is 14.4 Å². The van der Waals surface area contributed by atoms with Gasteiger partial charge in [0, 0.05) is 26.1 Å². The van der Waals surface area contributed by atoms with E-state index in [0.29, 0.717) is 31.3 Å². The number of hydrogen-bond acceptors (Lipinski definition) is 5. The largest absolute Gasteiger partial charge is 0.486 e. The number of amides is 1. The predicted molar refractivity (Wildman–Crippen MR) is 102 cm³/mol. The smallest absolute Gasteiger partial charge is 0.223 e. The molecule has 6 nitrogen and oxygen atoms in total. The lowest BCUT2D eigenvalue weighted by molar-refractivity contribution is -0.130. The van der Waals surface area contributed by atoms with Crippen molar-refractivity contribution in [3.05, 3.63) is 53.6 Å². The van der Waals surface area contributed by atoms with Crippen molar-refractivity contribution >= 4 is 15.7 Å². The first-order chi connectivity index (χ1) is 12.8. The predicted octanol–water partition coefficient (Wildman–Crippen LogP) is 2.59. The second kappa shape index (κ2) is 8.00. The summed E-state index contributed by atoms with van der Waals surface area (Å²) in [5.74, 6) is 0.500. The number of carbonyl (C=O) groups is 1. The standard InChI is InChI=1S/C20H23NO5S/c1-15-3-5-16(6-4-15)14-21(2)20(22)9-12-27(23,24)17-7-8-18-19(13-17)26-11-10-25-18/h3-8,13H,9-12,14H2,1-2H3. The van der Waals surface area contributed by atoms with E-state index < -0.39 is 9.84 Å². The Morgan fingerprint density at radius 2 is 1.70 bits per heavy atom. The number of carbonyl (C=O) groups excluding carboxylic acids is 1.